The van der Waals surface area contributed by atoms with E-state index in [-0.39, 0.29) is 11.7 Å². The number of benzene rings is 3. The molecule has 0 atom stereocenters. The smallest absolute Gasteiger partial charge is 0.254 e. The van der Waals surface area contributed by atoms with Crippen molar-refractivity contribution in [1.82, 2.24) is 9.80 Å². The van der Waals surface area contributed by atoms with Crippen LogP contribution in [0.5, 0.6) is 0 Å². The number of hydrogen-bond donors (Lipinski definition) is 0. The summed E-state index contributed by atoms with van der Waals surface area (Å²) >= 11 is 0. The number of nitrogens with zero attached hydrogens (tertiary/aromatic N) is 2. The van der Waals surface area contributed by atoms with Crippen molar-refractivity contribution in [2.45, 2.75) is 6.42 Å². The van der Waals surface area contributed by atoms with E-state index >= 15 is 0 Å². The maximum Gasteiger partial charge on any atom is 0.254 e. The zero-order valence-electron chi connectivity index (χ0n) is 17.1. The fourth-order valence-electron chi connectivity index (χ4n) is 3.86. The van der Waals surface area contributed by atoms with E-state index in [0.29, 0.717) is 31.9 Å². The van der Waals surface area contributed by atoms with Crippen LogP contribution < -0.4 is 0 Å². The van der Waals surface area contributed by atoms with Crippen molar-refractivity contribution >= 4 is 16.7 Å². The molecule has 1 heterocycles. The zero-order chi connectivity index (χ0) is 20.8. The molecule has 3 aromatic carbocycles. The van der Waals surface area contributed by atoms with Crippen LogP contribution in [0.2, 0.25) is 0 Å². The Kier molecular flexibility index (Phi) is 6.72. The first-order valence-electron chi connectivity index (χ1n) is 10.5. The first-order chi connectivity index (χ1) is 14.7. The fraction of sp³-hybridized carbons (Fsp3) is 0.320. The van der Waals surface area contributed by atoms with E-state index in [2.05, 4.69) is 47.4 Å². The maximum absolute atomic E-state index is 13.3. The molecule has 3 aromatic rings. The Hall–Kier alpha value is -2.76. The molecular formula is C25H27FN2O2. The van der Waals surface area contributed by atoms with Gasteiger partial charge in [0.25, 0.3) is 5.91 Å². The molecule has 0 saturated carbocycles. The minimum Gasteiger partial charge on any atom is -0.380 e. The van der Waals surface area contributed by atoms with Crippen LogP contribution in [0.4, 0.5) is 4.39 Å². The third-order valence-electron chi connectivity index (χ3n) is 5.63. The van der Waals surface area contributed by atoms with Gasteiger partial charge in [-0.05, 0) is 41.0 Å². The minimum absolute atomic E-state index is 0.0965. The Morgan fingerprint density at radius 3 is 2.47 bits per heavy atom. The summed E-state index contributed by atoms with van der Waals surface area (Å²) in [6.45, 7) is 5.20. The number of carbonyl (C=O) groups is 1. The maximum atomic E-state index is 13.3. The van der Waals surface area contributed by atoms with Gasteiger partial charge in [-0.15, -0.1) is 0 Å². The van der Waals surface area contributed by atoms with Crippen LogP contribution in [0.25, 0.3) is 10.8 Å². The van der Waals surface area contributed by atoms with Crippen LogP contribution in [-0.2, 0) is 11.2 Å². The molecule has 0 spiro atoms. The average Bonchev–Trinajstić information content (AvgIpc) is 2.79. The van der Waals surface area contributed by atoms with Gasteiger partial charge in [0.05, 0.1) is 13.2 Å². The van der Waals surface area contributed by atoms with E-state index in [1.807, 2.05) is 0 Å². The molecule has 0 unspecified atom stereocenters. The molecule has 1 fully saturated rings. The zero-order valence-corrected chi connectivity index (χ0v) is 17.1. The fourth-order valence-corrected chi connectivity index (χ4v) is 3.86. The number of rotatable bonds is 7. The van der Waals surface area contributed by atoms with Gasteiger partial charge in [0.15, 0.2) is 0 Å². The Labute approximate surface area is 176 Å². The summed E-state index contributed by atoms with van der Waals surface area (Å²) in [5.41, 5.74) is 1.71. The normalized spacial score (nSPS) is 14.9. The van der Waals surface area contributed by atoms with Gasteiger partial charge in [-0.25, -0.2) is 4.39 Å². The molecule has 1 amide bonds. The quantitative estimate of drug-likeness (QED) is 0.556. The van der Waals surface area contributed by atoms with Crippen molar-refractivity contribution in [1.29, 1.82) is 0 Å². The van der Waals surface area contributed by atoms with Crippen LogP contribution >= 0.6 is 0 Å². The number of piperazine rings is 1. The third-order valence-corrected chi connectivity index (χ3v) is 5.63. The summed E-state index contributed by atoms with van der Waals surface area (Å²) in [7, 11) is 0. The van der Waals surface area contributed by atoms with Crippen molar-refractivity contribution in [2.75, 3.05) is 45.9 Å². The van der Waals surface area contributed by atoms with Gasteiger partial charge >= 0.3 is 0 Å². The highest BCUT2D eigenvalue weighted by molar-refractivity contribution is 5.94. The lowest BCUT2D eigenvalue weighted by molar-refractivity contribution is 0.0554. The van der Waals surface area contributed by atoms with Crippen LogP contribution in [-0.4, -0.2) is 61.6 Å². The second-order valence-corrected chi connectivity index (χ2v) is 7.69. The molecule has 5 heteroatoms. The number of halogens is 1. The topological polar surface area (TPSA) is 32.8 Å². The van der Waals surface area contributed by atoms with Crippen LogP contribution in [0, 0.1) is 5.82 Å². The van der Waals surface area contributed by atoms with Gasteiger partial charge in [-0.1, -0.05) is 48.5 Å². The average molecular weight is 407 g/mol. The Morgan fingerprint density at radius 1 is 0.867 bits per heavy atom. The highest BCUT2D eigenvalue weighted by Crippen LogP contribution is 2.16. The van der Waals surface area contributed by atoms with Crippen LogP contribution in [0.3, 0.4) is 0 Å². The Balaban J connectivity index is 1.15. The number of amides is 1. The molecule has 1 saturated heterocycles. The molecule has 0 radical (unpaired) electrons. The van der Waals surface area contributed by atoms with Crippen molar-refractivity contribution in [2.24, 2.45) is 0 Å². The standard InChI is InChI=1S/C25H27FN2O2/c26-24-7-3-6-23(19-24)25(29)28-13-11-27(12-14-28)15-17-30-16-10-20-8-9-21-4-1-2-5-22(21)18-20/h1-9,18-19H,10-17H2. The molecule has 0 aromatic heterocycles. The van der Waals surface area contributed by atoms with E-state index < -0.39 is 0 Å². The molecule has 4 rings (SSSR count). The van der Waals surface area contributed by atoms with Crippen molar-refractivity contribution in [3.63, 3.8) is 0 Å². The third kappa shape index (κ3) is 5.23. The van der Waals surface area contributed by atoms with Crippen molar-refractivity contribution in [3.05, 3.63) is 83.7 Å². The van der Waals surface area contributed by atoms with E-state index in [9.17, 15) is 9.18 Å². The molecule has 156 valence electrons. The van der Waals surface area contributed by atoms with Crippen LogP contribution in [0.15, 0.2) is 66.7 Å². The highest BCUT2D eigenvalue weighted by Gasteiger charge is 2.22. The second-order valence-electron chi connectivity index (χ2n) is 7.69. The predicted molar refractivity (Wildman–Crippen MR) is 117 cm³/mol. The van der Waals surface area contributed by atoms with Crippen molar-refractivity contribution < 1.29 is 13.9 Å². The van der Waals surface area contributed by atoms with E-state index in [4.69, 9.17) is 4.74 Å². The Morgan fingerprint density at radius 2 is 1.67 bits per heavy atom. The van der Waals surface area contributed by atoms with Crippen molar-refractivity contribution in [3.8, 4) is 0 Å². The Bertz CT molecular complexity index is 999. The van der Waals surface area contributed by atoms with Gasteiger partial charge < -0.3 is 9.64 Å². The molecule has 1 aliphatic heterocycles. The monoisotopic (exact) mass is 406 g/mol. The number of carbonyl (C=O) groups excluding carboxylic acids is 1. The first kappa shape index (κ1) is 20.5. The molecule has 0 bridgehead atoms. The molecule has 1 aliphatic rings. The molecule has 4 nitrogen and oxygen atoms in total. The lowest BCUT2D eigenvalue weighted by Crippen LogP contribution is -2.49. The van der Waals surface area contributed by atoms with Gasteiger partial charge in [0.2, 0.25) is 0 Å². The van der Waals surface area contributed by atoms with Gasteiger partial charge in [-0.3, -0.25) is 9.69 Å². The number of hydrogen-bond acceptors (Lipinski definition) is 3. The summed E-state index contributed by atoms with van der Waals surface area (Å²) in [6, 6.07) is 20.8. The van der Waals surface area contributed by atoms with E-state index in [1.54, 1.807) is 17.0 Å². The van der Waals surface area contributed by atoms with E-state index in [0.717, 1.165) is 26.1 Å². The van der Waals surface area contributed by atoms with Gasteiger partial charge in [0.1, 0.15) is 5.82 Å². The number of fused-ring (bicyclic) bond motifs is 1. The lowest BCUT2D eigenvalue weighted by atomic mass is 10.1. The predicted octanol–water partition coefficient (Wildman–Crippen LogP) is 4.00. The summed E-state index contributed by atoms with van der Waals surface area (Å²) in [5.74, 6) is -0.471. The van der Waals surface area contributed by atoms with Gasteiger partial charge in [-0.2, -0.15) is 0 Å². The van der Waals surface area contributed by atoms with Crippen LogP contribution in [0.1, 0.15) is 15.9 Å². The SMILES string of the molecule is O=C(c1cccc(F)c1)N1CCN(CCOCCc2ccc3ccccc3c2)CC1. The summed E-state index contributed by atoms with van der Waals surface area (Å²) in [4.78, 5) is 16.6. The summed E-state index contributed by atoms with van der Waals surface area (Å²) < 4.78 is 19.2. The first-order valence-corrected chi connectivity index (χ1v) is 10.5. The molecule has 0 N–H and O–H groups in total. The molecule has 30 heavy (non-hydrogen) atoms. The summed E-state index contributed by atoms with van der Waals surface area (Å²) in [6.07, 6.45) is 0.904. The molecular weight excluding hydrogens is 379 g/mol. The second kappa shape index (κ2) is 9.83. The largest absolute Gasteiger partial charge is 0.380 e. The van der Waals surface area contributed by atoms with Gasteiger partial charge in [0, 0.05) is 38.3 Å². The summed E-state index contributed by atoms with van der Waals surface area (Å²) in [5, 5.41) is 2.53. The number of ether oxygens (including phenoxy) is 1. The highest BCUT2D eigenvalue weighted by atomic mass is 19.1. The van der Waals surface area contributed by atoms with E-state index in [1.165, 1.54) is 28.5 Å². The lowest BCUT2D eigenvalue weighted by Gasteiger charge is -2.34. The minimum atomic E-state index is -0.375. The molecule has 0 aliphatic carbocycles.